The Morgan fingerprint density at radius 1 is 1.35 bits per heavy atom. The number of ether oxygens (including phenoxy) is 2. The van der Waals surface area contributed by atoms with Gasteiger partial charge in [0.25, 0.3) is 0 Å². The number of likely N-dealkylation sites (tertiary alicyclic amines) is 1. The summed E-state index contributed by atoms with van der Waals surface area (Å²) in [5.41, 5.74) is 0.00802. The van der Waals surface area contributed by atoms with Crippen LogP contribution in [0, 0.1) is 0 Å². The lowest BCUT2D eigenvalue weighted by atomic mass is 9.79. The monoisotopic (exact) mass is 323 g/mol. The molecule has 1 aliphatic carbocycles. The molecule has 2 fully saturated rings. The lowest BCUT2D eigenvalue weighted by Gasteiger charge is -2.43. The van der Waals surface area contributed by atoms with Crippen LogP contribution in [-0.2, 0) is 16.0 Å². The van der Waals surface area contributed by atoms with Gasteiger partial charge in [0.15, 0.2) is 0 Å². The molecule has 130 valence electrons. The molecular formula is C17H29N3O3. The van der Waals surface area contributed by atoms with E-state index >= 15 is 0 Å². The van der Waals surface area contributed by atoms with Gasteiger partial charge in [-0.3, -0.25) is 4.90 Å². The predicted molar refractivity (Wildman–Crippen MR) is 87.2 cm³/mol. The molecule has 3 rings (SSSR count). The summed E-state index contributed by atoms with van der Waals surface area (Å²) >= 11 is 0. The second-order valence-corrected chi connectivity index (χ2v) is 6.72. The Kier molecular flexibility index (Phi) is 5.69. The number of aryl methyl sites for hydroxylation is 1. The molecular weight excluding hydrogens is 294 g/mol. The van der Waals surface area contributed by atoms with Crippen molar-refractivity contribution >= 4 is 0 Å². The molecule has 1 saturated heterocycles. The van der Waals surface area contributed by atoms with Crippen molar-refractivity contribution in [2.24, 2.45) is 0 Å². The first-order valence-electron chi connectivity index (χ1n) is 8.75. The minimum absolute atomic E-state index is 0.00802. The maximum absolute atomic E-state index is 8.97. The maximum Gasteiger partial charge on any atom is 0.0945 e. The molecule has 0 bridgehead atoms. The smallest absolute Gasteiger partial charge is 0.0945 e. The maximum atomic E-state index is 8.97. The summed E-state index contributed by atoms with van der Waals surface area (Å²) in [7, 11) is 1.86. The summed E-state index contributed by atoms with van der Waals surface area (Å²) in [4.78, 5) is 6.67. The normalized spacial score (nSPS) is 31.4. The lowest BCUT2D eigenvalue weighted by molar-refractivity contribution is -0.103. The highest BCUT2D eigenvalue weighted by Crippen LogP contribution is 2.43. The van der Waals surface area contributed by atoms with Crippen LogP contribution in [-0.4, -0.2) is 70.7 Å². The third-order valence-electron chi connectivity index (χ3n) is 5.52. The summed E-state index contributed by atoms with van der Waals surface area (Å²) in [5, 5.41) is 8.97. The standard InChI is InChI=1S/C17H29N3O3/c1-22-17-4-3-15(23-12-11-21)13-16(17)20(9-5-17)8-2-7-19-10-6-18-14-19/h6,10,14-16,21H,2-5,7-9,11-13H2,1H3/t15-,16+,17-/m0/s1. The van der Waals surface area contributed by atoms with E-state index in [1.165, 1.54) is 0 Å². The Balaban J connectivity index is 1.55. The molecule has 1 aromatic rings. The van der Waals surface area contributed by atoms with Crippen LogP contribution < -0.4 is 0 Å². The fourth-order valence-electron chi connectivity index (χ4n) is 4.27. The van der Waals surface area contributed by atoms with Gasteiger partial charge in [0, 0.05) is 45.2 Å². The van der Waals surface area contributed by atoms with E-state index in [2.05, 4.69) is 14.5 Å². The molecule has 6 nitrogen and oxygen atoms in total. The van der Waals surface area contributed by atoms with Gasteiger partial charge in [0.1, 0.15) is 0 Å². The van der Waals surface area contributed by atoms with Crippen molar-refractivity contribution in [3.8, 4) is 0 Å². The van der Waals surface area contributed by atoms with Crippen LogP contribution in [0.15, 0.2) is 18.7 Å². The average molecular weight is 323 g/mol. The van der Waals surface area contributed by atoms with Crippen molar-refractivity contribution in [3.05, 3.63) is 18.7 Å². The summed E-state index contributed by atoms with van der Waals surface area (Å²) in [6, 6.07) is 0.438. The van der Waals surface area contributed by atoms with Gasteiger partial charge in [-0.15, -0.1) is 0 Å². The van der Waals surface area contributed by atoms with Gasteiger partial charge in [0.05, 0.1) is 31.2 Å². The molecule has 0 unspecified atom stereocenters. The predicted octanol–water partition coefficient (Wildman–Crippen LogP) is 1.29. The summed E-state index contributed by atoms with van der Waals surface area (Å²) in [5.74, 6) is 0. The third-order valence-corrected chi connectivity index (χ3v) is 5.52. The minimum atomic E-state index is 0.00802. The first-order valence-corrected chi connectivity index (χ1v) is 8.75. The first kappa shape index (κ1) is 16.9. The fourth-order valence-corrected chi connectivity index (χ4v) is 4.27. The number of fused-ring (bicyclic) bond motifs is 1. The van der Waals surface area contributed by atoms with Gasteiger partial charge in [-0.05, 0) is 32.1 Å². The molecule has 1 aromatic heterocycles. The van der Waals surface area contributed by atoms with Crippen LogP contribution in [0.5, 0.6) is 0 Å². The number of methoxy groups -OCH3 is 1. The zero-order valence-electron chi connectivity index (χ0n) is 14.1. The van der Waals surface area contributed by atoms with Gasteiger partial charge >= 0.3 is 0 Å². The summed E-state index contributed by atoms with van der Waals surface area (Å²) in [6.07, 6.45) is 11.3. The van der Waals surface area contributed by atoms with Crippen molar-refractivity contribution in [1.82, 2.24) is 14.5 Å². The second-order valence-electron chi connectivity index (χ2n) is 6.72. The van der Waals surface area contributed by atoms with Gasteiger partial charge in [-0.1, -0.05) is 0 Å². The van der Waals surface area contributed by atoms with Crippen molar-refractivity contribution < 1.29 is 14.6 Å². The largest absolute Gasteiger partial charge is 0.394 e. The zero-order valence-corrected chi connectivity index (χ0v) is 14.1. The molecule has 1 N–H and O–H groups in total. The van der Waals surface area contributed by atoms with Crippen molar-refractivity contribution in [2.45, 2.75) is 56.4 Å². The number of nitrogens with zero attached hydrogens (tertiary/aromatic N) is 3. The fraction of sp³-hybridized carbons (Fsp3) is 0.824. The second kappa shape index (κ2) is 7.75. The Bertz CT molecular complexity index is 468. The van der Waals surface area contributed by atoms with Crippen molar-refractivity contribution in [2.75, 3.05) is 33.4 Å². The topological polar surface area (TPSA) is 59.8 Å². The third kappa shape index (κ3) is 3.76. The van der Waals surface area contributed by atoms with Crippen LogP contribution in [0.25, 0.3) is 0 Å². The van der Waals surface area contributed by atoms with Gasteiger partial charge in [-0.25, -0.2) is 4.98 Å². The molecule has 0 aromatic carbocycles. The van der Waals surface area contributed by atoms with Crippen LogP contribution in [0.2, 0.25) is 0 Å². The molecule has 2 heterocycles. The van der Waals surface area contributed by atoms with Gasteiger partial charge in [0.2, 0.25) is 0 Å². The van der Waals surface area contributed by atoms with E-state index in [0.717, 1.165) is 51.7 Å². The van der Waals surface area contributed by atoms with Crippen LogP contribution in [0.4, 0.5) is 0 Å². The molecule has 0 amide bonds. The Morgan fingerprint density at radius 2 is 2.26 bits per heavy atom. The molecule has 3 atom stereocenters. The number of aliphatic hydroxyl groups is 1. The molecule has 23 heavy (non-hydrogen) atoms. The quantitative estimate of drug-likeness (QED) is 0.781. The number of hydrogen-bond acceptors (Lipinski definition) is 5. The molecule has 2 aliphatic rings. The summed E-state index contributed by atoms with van der Waals surface area (Å²) < 4.78 is 13.9. The number of rotatable bonds is 8. The highest BCUT2D eigenvalue weighted by Gasteiger charge is 2.50. The van der Waals surface area contributed by atoms with Gasteiger partial charge in [-0.2, -0.15) is 0 Å². The highest BCUT2D eigenvalue weighted by molar-refractivity contribution is 5.05. The van der Waals surface area contributed by atoms with Crippen LogP contribution >= 0.6 is 0 Å². The molecule has 1 aliphatic heterocycles. The van der Waals surface area contributed by atoms with E-state index < -0.39 is 0 Å². The zero-order chi connectivity index (χ0) is 16.1. The Labute approximate surface area is 138 Å². The van der Waals surface area contributed by atoms with Crippen LogP contribution in [0.3, 0.4) is 0 Å². The highest BCUT2D eigenvalue weighted by atomic mass is 16.5. The van der Waals surface area contributed by atoms with Crippen molar-refractivity contribution in [3.63, 3.8) is 0 Å². The van der Waals surface area contributed by atoms with Crippen molar-refractivity contribution in [1.29, 1.82) is 0 Å². The molecule has 0 radical (unpaired) electrons. The van der Waals surface area contributed by atoms with Gasteiger partial charge < -0.3 is 19.1 Å². The molecule has 0 spiro atoms. The molecule has 6 heteroatoms. The number of imidazole rings is 1. The lowest BCUT2D eigenvalue weighted by Crippen LogP contribution is -2.52. The SMILES string of the molecule is CO[C@]12CC[C@H](OCCO)C[C@H]1N(CCCn1ccnc1)CC2. The minimum Gasteiger partial charge on any atom is -0.394 e. The Morgan fingerprint density at radius 3 is 3.00 bits per heavy atom. The first-order chi connectivity index (χ1) is 11.3. The van der Waals surface area contributed by atoms with E-state index in [-0.39, 0.29) is 18.3 Å². The number of aromatic nitrogens is 2. The van der Waals surface area contributed by atoms with E-state index in [1.807, 2.05) is 25.8 Å². The van der Waals surface area contributed by atoms with E-state index in [4.69, 9.17) is 14.6 Å². The number of aliphatic hydroxyl groups excluding tert-OH is 1. The molecule has 1 saturated carbocycles. The van der Waals surface area contributed by atoms with Crippen LogP contribution in [0.1, 0.15) is 32.1 Å². The summed E-state index contributed by atoms with van der Waals surface area (Å²) in [6.45, 7) is 3.74. The average Bonchev–Trinajstić information content (AvgIpc) is 3.21. The van der Waals surface area contributed by atoms with E-state index in [1.54, 1.807) is 0 Å². The van der Waals surface area contributed by atoms with E-state index in [9.17, 15) is 0 Å². The Hall–Kier alpha value is -0.950. The number of hydrogen-bond donors (Lipinski definition) is 1. The van der Waals surface area contributed by atoms with E-state index in [0.29, 0.717) is 12.6 Å².